The van der Waals surface area contributed by atoms with Gasteiger partial charge in [-0.2, -0.15) is 0 Å². The quantitative estimate of drug-likeness (QED) is 0.699. The molecule has 1 heterocycles. The molecule has 0 bridgehead atoms. The van der Waals surface area contributed by atoms with Crippen molar-refractivity contribution in [2.75, 3.05) is 18.9 Å². The number of anilines is 1. The number of fused-ring (bicyclic) bond motifs is 1. The van der Waals surface area contributed by atoms with Gasteiger partial charge >= 0.3 is 0 Å². The van der Waals surface area contributed by atoms with E-state index in [1.54, 1.807) is 37.6 Å². The molecule has 3 aromatic rings. The van der Waals surface area contributed by atoms with Crippen molar-refractivity contribution < 1.29 is 9.59 Å². The molecule has 0 spiro atoms. The zero-order chi connectivity index (χ0) is 18.5. The lowest BCUT2D eigenvalue weighted by Crippen LogP contribution is -2.19. The molecule has 2 N–H and O–H groups in total. The Kier molecular flexibility index (Phi) is 5.49. The minimum atomic E-state index is -0.169. The molecule has 0 aliphatic carbocycles. The minimum Gasteiger partial charge on any atom is -0.378 e. The number of rotatable bonds is 6. The Morgan fingerprint density at radius 1 is 1.15 bits per heavy atom. The van der Waals surface area contributed by atoms with Crippen molar-refractivity contribution in [3.63, 3.8) is 0 Å². The summed E-state index contributed by atoms with van der Waals surface area (Å²) >= 11 is 6.43. The van der Waals surface area contributed by atoms with E-state index in [0.29, 0.717) is 10.6 Å². The number of benzene rings is 2. The lowest BCUT2D eigenvalue weighted by molar-refractivity contribution is -0.116. The maximum Gasteiger partial charge on any atom is 0.251 e. The van der Waals surface area contributed by atoms with Gasteiger partial charge in [0.05, 0.1) is 11.6 Å². The second-order valence-electron chi connectivity index (χ2n) is 5.86. The topological polar surface area (TPSA) is 71.1 Å². The summed E-state index contributed by atoms with van der Waals surface area (Å²) in [5.41, 5.74) is 2.04. The van der Waals surface area contributed by atoms with Gasteiger partial charge in [-0.15, -0.1) is 0 Å². The number of nitrogens with zero attached hydrogens (tertiary/aromatic N) is 1. The van der Waals surface area contributed by atoms with Crippen LogP contribution in [0.25, 0.3) is 10.8 Å². The van der Waals surface area contributed by atoms with Crippen LogP contribution in [0.1, 0.15) is 15.9 Å². The molecule has 5 nitrogen and oxygen atoms in total. The van der Waals surface area contributed by atoms with Crippen molar-refractivity contribution in [2.45, 2.75) is 6.42 Å². The van der Waals surface area contributed by atoms with E-state index in [-0.39, 0.29) is 24.7 Å². The highest BCUT2D eigenvalue weighted by molar-refractivity contribution is 6.36. The van der Waals surface area contributed by atoms with Crippen molar-refractivity contribution in [3.05, 3.63) is 71.0 Å². The molecule has 0 aliphatic heterocycles. The fourth-order valence-corrected chi connectivity index (χ4v) is 3.00. The van der Waals surface area contributed by atoms with Crippen molar-refractivity contribution in [1.82, 2.24) is 10.3 Å². The molecule has 2 aromatic carbocycles. The Morgan fingerprint density at radius 3 is 2.81 bits per heavy atom. The number of pyridine rings is 1. The van der Waals surface area contributed by atoms with E-state index in [9.17, 15) is 9.59 Å². The van der Waals surface area contributed by atoms with E-state index in [1.807, 2.05) is 24.3 Å². The van der Waals surface area contributed by atoms with E-state index < -0.39 is 0 Å². The molecule has 132 valence electrons. The molecule has 0 unspecified atom stereocenters. The highest BCUT2D eigenvalue weighted by atomic mass is 35.5. The molecule has 1 aromatic heterocycles. The highest BCUT2D eigenvalue weighted by Crippen LogP contribution is 2.27. The van der Waals surface area contributed by atoms with Crippen LogP contribution in [0, 0.1) is 0 Å². The fourth-order valence-electron chi connectivity index (χ4n) is 2.70. The molecule has 26 heavy (non-hydrogen) atoms. The average Bonchev–Trinajstić information content (AvgIpc) is 2.68. The van der Waals surface area contributed by atoms with Gasteiger partial charge in [0.25, 0.3) is 5.91 Å². The van der Waals surface area contributed by atoms with Crippen LogP contribution in [0.3, 0.4) is 0 Å². The van der Waals surface area contributed by atoms with Crippen LogP contribution in [0.15, 0.2) is 54.9 Å². The summed E-state index contributed by atoms with van der Waals surface area (Å²) in [6, 6.07) is 12.6. The summed E-state index contributed by atoms with van der Waals surface area (Å²) < 4.78 is 0. The summed E-state index contributed by atoms with van der Waals surface area (Å²) in [6.45, 7) is 0.155. The van der Waals surface area contributed by atoms with Crippen LogP contribution in [0.2, 0.25) is 5.02 Å². The summed E-state index contributed by atoms with van der Waals surface area (Å²) in [6.07, 6.45) is 3.66. The normalized spacial score (nSPS) is 10.5. The molecule has 0 fully saturated rings. The molecular formula is C20H18ClN3O2. The first-order valence-corrected chi connectivity index (χ1v) is 8.55. The number of aromatic nitrogens is 1. The third-order valence-corrected chi connectivity index (χ3v) is 4.51. The predicted molar refractivity (Wildman–Crippen MR) is 104 cm³/mol. The van der Waals surface area contributed by atoms with Gasteiger partial charge in [-0.1, -0.05) is 29.8 Å². The Morgan fingerprint density at radius 2 is 2.00 bits per heavy atom. The van der Waals surface area contributed by atoms with Crippen LogP contribution in [-0.2, 0) is 11.2 Å². The Bertz CT molecular complexity index is 972. The number of halogens is 1. The molecule has 0 atom stereocenters. The minimum absolute atomic E-state index is 0.00523. The molecule has 0 saturated carbocycles. The summed E-state index contributed by atoms with van der Waals surface area (Å²) in [4.78, 5) is 28.1. The van der Waals surface area contributed by atoms with Crippen molar-refractivity contribution in [2.24, 2.45) is 0 Å². The van der Waals surface area contributed by atoms with E-state index in [2.05, 4.69) is 15.6 Å². The van der Waals surface area contributed by atoms with E-state index in [1.165, 1.54) is 0 Å². The first-order valence-electron chi connectivity index (χ1n) is 8.17. The first kappa shape index (κ1) is 17.9. The van der Waals surface area contributed by atoms with Crippen molar-refractivity contribution >= 4 is 39.8 Å². The van der Waals surface area contributed by atoms with Crippen LogP contribution in [0.4, 0.5) is 5.69 Å². The first-order chi connectivity index (χ1) is 12.6. The number of carbonyl (C=O) groups is 2. The Balaban J connectivity index is 1.66. The number of hydrogen-bond donors (Lipinski definition) is 2. The van der Waals surface area contributed by atoms with Crippen LogP contribution in [-0.4, -0.2) is 30.3 Å². The molecular weight excluding hydrogens is 350 g/mol. The van der Waals surface area contributed by atoms with E-state index in [0.717, 1.165) is 22.0 Å². The SMILES string of the molecule is CNC(=O)c1cccc(NCC(=O)Cc2ccc3cnccc3c2Cl)c1. The molecule has 0 saturated heterocycles. The predicted octanol–water partition coefficient (Wildman–Crippen LogP) is 3.47. The van der Waals surface area contributed by atoms with Gasteiger partial charge in [0, 0.05) is 47.9 Å². The average molecular weight is 368 g/mol. The lowest BCUT2D eigenvalue weighted by Gasteiger charge is -2.09. The standard InChI is InChI=1S/C20H18ClN3O2/c1-22-20(26)14-3-2-4-16(9-14)24-12-17(25)10-13-5-6-15-11-23-8-7-18(15)19(13)21/h2-9,11,24H,10,12H2,1H3,(H,22,26). The molecule has 0 radical (unpaired) electrons. The second-order valence-corrected chi connectivity index (χ2v) is 6.24. The number of carbonyl (C=O) groups excluding carboxylic acids is 2. The summed E-state index contributed by atoms with van der Waals surface area (Å²) in [7, 11) is 1.58. The van der Waals surface area contributed by atoms with Gasteiger partial charge < -0.3 is 10.6 Å². The third-order valence-electron chi connectivity index (χ3n) is 4.06. The van der Waals surface area contributed by atoms with Gasteiger partial charge in [0.2, 0.25) is 0 Å². The van der Waals surface area contributed by atoms with Gasteiger partial charge in [-0.3, -0.25) is 14.6 Å². The fraction of sp³-hybridized carbons (Fsp3) is 0.150. The second kappa shape index (κ2) is 7.97. The number of Topliss-reactive ketones (excluding diaryl/α,β-unsaturated/α-hetero) is 1. The smallest absolute Gasteiger partial charge is 0.251 e. The van der Waals surface area contributed by atoms with Gasteiger partial charge in [-0.25, -0.2) is 0 Å². The zero-order valence-electron chi connectivity index (χ0n) is 14.3. The molecule has 0 aliphatic rings. The van der Waals surface area contributed by atoms with Gasteiger partial charge in [0.1, 0.15) is 0 Å². The van der Waals surface area contributed by atoms with Crippen LogP contribution >= 0.6 is 11.6 Å². The molecule has 6 heteroatoms. The summed E-state index contributed by atoms with van der Waals surface area (Å²) in [5, 5.41) is 8.04. The lowest BCUT2D eigenvalue weighted by atomic mass is 10.0. The van der Waals surface area contributed by atoms with Gasteiger partial charge in [0.15, 0.2) is 5.78 Å². The van der Waals surface area contributed by atoms with Crippen molar-refractivity contribution in [1.29, 1.82) is 0 Å². The zero-order valence-corrected chi connectivity index (χ0v) is 15.0. The van der Waals surface area contributed by atoms with Crippen LogP contribution < -0.4 is 10.6 Å². The largest absolute Gasteiger partial charge is 0.378 e. The summed E-state index contributed by atoms with van der Waals surface area (Å²) in [5.74, 6) is -0.164. The van der Waals surface area contributed by atoms with E-state index >= 15 is 0 Å². The number of amides is 1. The van der Waals surface area contributed by atoms with Crippen LogP contribution in [0.5, 0.6) is 0 Å². The molecule has 1 amide bonds. The number of ketones is 1. The third kappa shape index (κ3) is 4.00. The highest BCUT2D eigenvalue weighted by Gasteiger charge is 2.11. The Hall–Kier alpha value is -2.92. The van der Waals surface area contributed by atoms with E-state index in [4.69, 9.17) is 11.6 Å². The van der Waals surface area contributed by atoms with Crippen molar-refractivity contribution in [3.8, 4) is 0 Å². The number of nitrogens with one attached hydrogen (secondary N) is 2. The van der Waals surface area contributed by atoms with Gasteiger partial charge in [-0.05, 0) is 29.8 Å². The Labute approximate surface area is 156 Å². The maximum atomic E-state index is 12.3. The number of hydrogen-bond acceptors (Lipinski definition) is 4. The molecule has 3 rings (SSSR count). The maximum absolute atomic E-state index is 12.3. The monoisotopic (exact) mass is 367 g/mol.